The fourth-order valence-electron chi connectivity index (χ4n) is 1.53. The van der Waals surface area contributed by atoms with E-state index in [1.54, 1.807) is 19.2 Å². The predicted molar refractivity (Wildman–Crippen MR) is 76.3 cm³/mol. The lowest BCUT2D eigenvalue weighted by molar-refractivity contribution is 0.161. The summed E-state index contributed by atoms with van der Waals surface area (Å²) in [5.74, 6) is 0.0928. The van der Waals surface area contributed by atoms with E-state index in [-0.39, 0.29) is 17.4 Å². The summed E-state index contributed by atoms with van der Waals surface area (Å²) in [6.45, 7) is 2.57. The van der Waals surface area contributed by atoms with Crippen molar-refractivity contribution >= 4 is 26.0 Å². The van der Waals surface area contributed by atoms with Crippen LogP contribution in [0.25, 0.3) is 0 Å². The van der Waals surface area contributed by atoms with Gasteiger partial charge in [0.05, 0.1) is 11.5 Å². The molecular formula is C12H18BrNO4S. The van der Waals surface area contributed by atoms with Crippen LogP contribution in [0.15, 0.2) is 27.6 Å². The van der Waals surface area contributed by atoms with Crippen LogP contribution in [-0.4, -0.2) is 33.8 Å². The number of benzene rings is 1. The highest BCUT2D eigenvalue weighted by Gasteiger charge is 2.18. The Morgan fingerprint density at radius 1 is 1.47 bits per heavy atom. The van der Waals surface area contributed by atoms with Gasteiger partial charge < -0.3 is 9.84 Å². The average molecular weight is 352 g/mol. The van der Waals surface area contributed by atoms with Gasteiger partial charge in [0.25, 0.3) is 0 Å². The first-order chi connectivity index (χ1) is 8.90. The van der Waals surface area contributed by atoms with Crippen molar-refractivity contribution in [1.82, 2.24) is 4.72 Å². The number of ether oxygens (including phenoxy) is 1. The zero-order valence-electron chi connectivity index (χ0n) is 10.9. The highest BCUT2D eigenvalue weighted by molar-refractivity contribution is 9.10. The maximum absolute atomic E-state index is 12.1. The molecule has 7 heteroatoms. The van der Waals surface area contributed by atoms with Crippen molar-refractivity contribution in [3.63, 3.8) is 0 Å². The molecule has 0 amide bonds. The number of hydrogen-bond donors (Lipinski definition) is 2. The van der Waals surface area contributed by atoms with Crippen LogP contribution in [0.1, 0.15) is 12.5 Å². The highest BCUT2D eigenvalue weighted by Crippen LogP contribution is 2.23. The minimum absolute atomic E-state index is 0.0928. The Labute approximate surface area is 122 Å². The molecule has 5 nitrogen and oxygen atoms in total. The molecule has 0 aliphatic heterocycles. The van der Waals surface area contributed by atoms with Crippen LogP contribution in [0.4, 0.5) is 0 Å². The van der Waals surface area contributed by atoms with E-state index in [0.717, 1.165) is 0 Å². The van der Waals surface area contributed by atoms with Gasteiger partial charge in [-0.2, -0.15) is 0 Å². The molecule has 108 valence electrons. The van der Waals surface area contributed by atoms with Gasteiger partial charge in [-0.3, -0.25) is 0 Å². The van der Waals surface area contributed by atoms with Crippen LogP contribution in [0.2, 0.25) is 0 Å². The summed E-state index contributed by atoms with van der Waals surface area (Å²) in [5.41, 5.74) is 0.651. The summed E-state index contributed by atoms with van der Waals surface area (Å²) < 4.78 is 32.2. The maximum Gasteiger partial charge on any atom is 0.241 e. The Kier molecular flexibility index (Phi) is 6.41. The number of hydrogen-bond acceptors (Lipinski definition) is 4. The van der Waals surface area contributed by atoms with Gasteiger partial charge in [-0.15, -0.1) is 0 Å². The Hall–Kier alpha value is -0.470. The summed E-state index contributed by atoms with van der Waals surface area (Å²) in [7, 11) is -1.98. The fourth-order valence-corrected chi connectivity index (χ4v) is 3.82. The lowest BCUT2D eigenvalue weighted by Crippen LogP contribution is -2.30. The number of methoxy groups -OCH3 is 1. The molecule has 0 aromatic heterocycles. The molecule has 0 radical (unpaired) electrons. The third-order valence-electron chi connectivity index (χ3n) is 2.54. The van der Waals surface area contributed by atoms with Crippen molar-refractivity contribution < 1.29 is 18.3 Å². The molecule has 1 rings (SSSR count). The molecule has 1 aromatic rings. The van der Waals surface area contributed by atoms with Crippen LogP contribution < -0.4 is 4.72 Å². The summed E-state index contributed by atoms with van der Waals surface area (Å²) in [4.78, 5) is 0.161. The van der Waals surface area contributed by atoms with E-state index in [1.165, 1.54) is 6.07 Å². The van der Waals surface area contributed by atoms with Crippen molar-refractivity contribution in [3.05, 3.63) is 28.2 Å². The molecule has 0 aliphatic carbocycles. The molecule has 0 spiro atoms. The Morgan fingerprint density at radius 3 is 2.68 bits per heavy atom. The van der Waals surface area contributed by atoms with Gasteiger partial charge in [-0.25, -0.2) is 13.1 Å². The number of aliphatic hydroxyl groups excluding tert-OH is 1. The van der Waals surface area contributed by atoms with Crippen LogP contribution in [0.5, 0.6) is 0 Å². The predicted octanol–water partition coefficient (Wildman–Crippen LogP) is 1.50. The zero-order chi connectivity index (χ0) is 14.5. The normalized spacial score (nSPS) is 13.5. The average Bonchev–Trinajstić information content (AvgIpc) is 2.36. The minimum Gasteiger partial charge on any atom is -0.392 e. The van der Waals surface area contributed by atoms with Crippen LogP contribution in [0, 0.1) is 5.92 Å². The molecule has 0 fully saturated rings. The number of rotatable bonds is 7. The van der Waals surface area contributed by atoms with Crippen molar-refractivity contribution in [2.45, 2.75) is 18.4 Å². The fraction of sp³-hybridized carbons (Fsp3) is 0.500. The van der Waals surface area contributed by atoms with Crippen molar-refractivity contribution in [2.24, 2.45) is 5.92 Å². The lowest BCUT2D eigenvalue weighted by atomic mass is 10.2. The second-order valence-electron chi connectivity index (χ2n) is 4.34. The molecule has 0 saturated heterocycles. The molecule has 0 saturated carbocycles. The number of nitrogens with one attached hydrogen (secondary N) is 1. The third kappa shape index (κ3) is 4.85. The summed E-state index contributed by atoms with van der Waals surface area (Å²) in [6, 6.07) is 4.64. The van der Waals surface area contributed by atoms with Crippen LogP contribution >= 0.6 is 15.9 Å². The Balaban J connectivity index is 2.83. The summed E-state index contributed by atoms with van der Waals surface area (Å²) in [5, 5.41) is 8.99. The molecule has 0 heterocycles. The van der Waals surface area contributed by atoms with E-state index in [0.29, 0.717) is 23.2 Å². The Morgan fingerprint density at radius 2 is 2.16 bits per heavy atom. The smallest absolute Gasteiger partial charge is 0.241 e. The van der Waals surface area contributed by atoms with E-state index in [4.69, 9.17) is 9.84 Å². The number of aliphatic hydroxyl groups is 1. The molecule has 1 atom stereocenters. The quantitative estimate of drug-likeness (QED) is 0.780. The van der Waals surface area contributed by atoms with Crippen molar-refractivity contribution in [2.75, 3.05) is 20.3 Å². The van der Waals surface area contributed by atoms with Crippen LogP contribution in [-0.2, 0) is 21.4 Å². The SMILES string of the molecule is COCC(C)CNS(=O)(=O)c1ccc(CO)cc1Br. The maximum atomic E-state index is 12.1. The molecule has 0 aliphatic rings. The van der Waals surface area contributed by atoms with Crippen molar-refractivity contribution in [3.8, 4) is 0 Å². The number of sulfonamides is 1. The van der Waals surface area contributed by atoms with E-state index in [9.17, 15) is 8.42 Å². The molecular weight excluding hydrogens is 334 g/mol. The minimum atomic E-state index is -3.56. The van der Waals surface area contributed by atoms with Gasteiger partial charge in [0.1, 0.15) is 0 Å². The molecule has 2 N–H and O–H groups in total. The van der Waals surface area contributed by atoms with E-state index in [1.807, 2.05) is 6.92 Å². The molecule has 1 unspecified atom stereocenters. The zero-order valence-corrected chi connectivity index (χ0v) is 13.3. The van der Waals surface area contributed by atoms with Gasteiger partial charge in [-0.1, -0.05) is 13.0 Å². The molecule has 19 heavy (non-hydrogen) atoms. The molecule has 1 aromatic carbocycles. The van der Waals surface area contributed by atoms with Crippen LogP contribution in [0.3, 0.4) is 0 Å². The third-order valence-corrected chi connectivity index (χ3v) is 4.94. The summed E-state index contributed by atoms with van der Waals surface area (Å²) in [6.07, 6.45) is 0. The van der Waals surface area contributed by atoms with Gasteiger partial charge in [0.15, 0.2) is 0 Å². The van der Waals surface area contributed by atoms with Gasteiger partial charge in [0.2, 0.25) is 10.0 Å². The van der Waals surface area contributed by atoms with E-state index < -0.39 is 10.0 Å². The van der Waals surface area contributed by atoms with E-state index >= 15 is 0 Å². The van der Waals surface area contributed by atoms with Gasteiger partial charge in [-0.05, 0) is 39.5 Å². The molecule has 0 bridgehead atoms. The first kappa shape index (κ1) is 16.6. The van der Waals surface area contributed by atoms with Gasteiger partial charge >= 0.3 is 0 Å². The standard InChI is InChI=1S/C12H18BrNO4S/c1-9(8-18-2)6-14-19(16,17)12-4-3-10(7-15)5-11(12)13/h3-5,9,14-15H,6-8H2,1-2H3. The summed E-state index contributed by atoms with van der Waals surface area (Å²) >= 11 is 3.21. The highest BCUT2D eigenvalue weighted by atomic mass is 79.9. The van der Waals surface area contributed by atoms with Crippen molar-refractivity contribution in [1.29, 1.82) is 0 Å². The topological polar surface area (TPSA) is 75.6 Å². The first-order valence-corrected chi connectivity index (χ1v) is 8.06. The number of halogens is 1. The monoisotopic (exact) mass is 351 g/mol. The van der Waals surface area contributed by atoms with E-state index in [2.05, 4.69) is 20.7 Å². The first-order valence-electron chi connectivity index (χ1n) is 5.78. The second kappa shape index (κ2) is 7.35. The van der Waals surface area contributed by atoms with Gasteiger partial charge in [0, 0.05) is 24.7 Å². The lowest BCUT2D eigenvalue weighted by Gasteiger charge is -2.13. The Bertz CT molecular complexity index is 518. The largest absolute Gasteiger partial charge is 0.392 e. The second-order valence-corrected chi connectivity index (χ2v) is 6.93.